The van der Waals surface area contributed by atoms with E-state index < -0.39 is 102 Å². The summed E-state index contributed by atoms with van der Waals surface area (Å²) in [5, 5.41) is 33.1. The van der Waals surface area contributed by atoms with Crippen molar-refractivity contribution in [3.8, 4) is 5.75 Å². The van der Waals surface area contributed by atoms with Crippen molar-refractivity contribution in [3.63, 3.8) is 0 Å². The Kier molecular flexibility index (Phi) is 12.1. The number of aromatic carboxylic acids is 1. The van der Waals surface area contributed by atoms with E-state index in [1.54, 1.807) is 21.6 Å². The minimum atomic E-state index is -1.85. The number of aliphatic hydroxyl groups is 2. The molecule has 1 aromatic carbocycles. The molecule has 9 atom stereocenters. The number of piperidine rings is 1. The largest absolute Gasteiger partial charge is 0.492 e. The van der Waals surface area contributed by atoms with Crippen LogP contribution in [0.4, 0.5) is 14.9 Å². The predicted molar refractivity (Wildman–Crippen MR) is 233 cm³/mol. The summed E-state index contributed by atoms with van der Waals surface area (Å²) in [6, 6.07) is 0.569. The molecule has 2 saturated heterocycles. The molecule has 19 heteroatoms. The number of nitrogens with zero attached hydrogens (tertiary/aromatic N) is 3. The Bertz CT molecular complexity index is 2550. The molecule has 2 aliphatic heterocycles. The Balaban J connectivity index is 0.740. The predicted octanol–water partition coefficient (Wildman–Crippen LogP) is 3.86. The smallest absolute Gasteiger partial charge is 0.412 e. The number of esters is 2. The van der Waals surface area contributed by atoms with Crippen molar-refractivity contribution >= 4 is 52.2 Å². The van der Waals surface area contributed by atoms with Crippen LogP contribution in [-0.4, -0.2) is 131 Å². The second-order valence-corrected chi connectivity index (χ2v) is 19.8. The number of hydrogen-bond acceptors (Lipinski definition) is 15. The van der Waals surface area contributed by atoms with Gasteiger partial charge >= 0.3 is 24.0 Å². The number of allylic oxidation sites excluding steroid dienone is 4. The summed E-state index contributed by atoms with van der Waals surface area (Å²) in [5.74, 6) is -5.11. The number of anilines is 1. The zero-order chi connectivity index (χ0) is 47.7. The number of aromatic nitrogens is 1. The van der Waals surface area contributed by atoms with Crippen molar-refractivity contribution in [2.75, 3.05) is 58.3 Å². The van der Waals surface area contributed by atoms with Crippen LogP contribution in [0.5, 0.6) is 5.75 Å². The van der Waals surface area contributed by atoms with Crippen LogP contribution in [0.25, 0.3) is 10.9 Å². The monoisotopic (exact) mass is 933 g/mol. The highest BCUT2D eigenvalue weighted by atomic mass is 19.1. The minimum absolute atomic E-state index is 0.000739. The van der Waals surface area contributed by atoms with Crippen molar-refractivity contribution in [2.24, 2.45) is 34.5 Å². The summed E-state index contributed by atoms with van der Waals surface area (Å²) in [5.41, 5.74) is -3.21. The Labute approximate surface area is 384 Å². The van der Waals surface area contributed by atoms with Gasteiger partial charge in [-0.15, -0.1) is 0 Å². The number of carbonyl (C=O) groups is 6. The molecule has 5 aliphatic carbocycles. The molecule has 0 radical (unpaired) electrons. The fourth-order valence-electron chi connectivity index (χ4n) is 12.9. The summed E-state index contributed by atoms with van der Waals surface area (Å²) >= 11 is 0. The van der Waals surface area contributed by atoms with E-state index in [2.05, 4.69) is 0 Å². The van der Waals surface area contributed by atoms with Gasteiger partial charge in [-0.2, -0.15) is 0 Å². The van der Waals surface area contributed by atoms with Gasteiger partial charge in [0.15, 0.2) is 24.0 Å². The summed E-state index contributed by atoms with van der Waals surface area (Å²) in [6.07, 6.45) is 9.89. The lowest BCUT2D eigenvalue weighted by atomic mass is 9.46. The molecule has 1 amide bonds. The Morgan fingerprint density at radius 2 is 1.70 bits per heavy atom. The highest BCUT2D eigenvalue weighted by Gasteiger charge is 2.68. The zero-order valence-corrected chi connectivity index (χ0v) is 37.7. The molecule has 2 aromatic rings. The summed E-state index contributed by atoms with van der Waals surface area (Å²) in [4.78, 5) is 92.4. The second kappa shape index (κ2) is 17.5. The number of fused-ring (bicyclic) bond motifs is 7. The van der Waals surface area contributed by atoms with E-state index >= 15 is 4.39 Å². The quantitative estimate of drug-likeness (QED) is 0.191. The maximum absolute atomic E-state index is 16.1. The van der Waals surface area contributed by atoms with Crippen molar-refractivity contribution in [1.29, 1.82) is 0 Å². The average Bonchev–Trinajstić information content (AvgIpc) is 3.98. The zero-order valence-electron chi connectivity index (χ0n) is 37.7. The van der Waals surface area contributed by atoms with E-state index in [0.717, 1.165) is 30.9 Å². The van der Waals surface area contributed by atoms with Crippen LogP contribution in [0.2, 0.25) is 0 Å². The van der Waals surface area contributed by atoms with Gasteiger partial charge < -0.3 is 53.4 Å². The number of rotatable bonds is 13. The molecular formula is C48H56FN3O15. The number of methoxy groups -OCH3 is 1. The third-order valence-corrected chi connectivity index (χ3v) is 16.2. The molecule has 1 aromatic heterocycles. The number of Topliss-reactive ketones (excluding diaryl/α,β-unsaturated/α-hetero) is 1. The molecule has 7 aliphatic rings. The number of carbonyl (C=O) groups excluding carboxylic acids is 5. The van der Waals surface area contributed by atoms with E-state index in [0.29, 0.717) is 44.3 Å². The van der Waals surface area contributed by atoms with Crippen LogP contribution >= 0.6 is 0 Å². The third kappa shape index (κ3) is 7.89. The van der Waals surface area contributed by atoms with Crippen LogP contribution in [0, 0.1) is 40.3 Å². The van der Waals surface area contributed by atoms with E-state index in [-0.39, 0.29) is 71.7 Å². The van der Waals surface area contributed by atoms with Crippen LogP contribution in [0.15, 0.2) is 40.9 Å². The van der Waals surface area contributed by atoms with Gasteiger partial charge in [-0.3, -0.25) is 14.4 Å². The van der Waals surface area contributed by atoms with Crippen LogP contribution < -0.4 is 15.1 Å². The van der Waals surface area contributed by atoms with Gasteiger partial charge in [0, 0.05) is 48.6 Å². The van der Waals surface area contributed by atoms with Gasteiger partial charge in [0.1, 0.15) is 30.1 Å². The van der Waals surface area contributed by atoms with Gasteiger partial charge in [0.25, 0.3) is 0 Å². The SMILES string of the molecule is COc1c(N2CC3CCCN(C(=O)OCOC(=O)COCC(=O)OCC(=O)[C@@]4(O)CCC5C6CCC7=CC(=O)C=C[C@]7(C)C6[C@@H](O)C[C@@]54C)C3C2)c(F)cc2c(=O)c(C(=O)O)cn(C3CC3)c12. The van der Waals surface area contributed by atoms with E-state index in [1.165, 1.54) is 18.2 Å². The minimum Gasteiger partial charge on any atom is -0.492 e. The Hall–Kier alpha value is -5.66. The van der Waals surface area contributed by atoms with E-state index in [4.69, 9.17) is 23.7 Å². The number of pyridine rings is 1. The number of halogens is 1. The fourth-order valence-corrected chi connectivity index (χ4v) is 12.9. The highest BCUT2D eigenvalue weighted by molar-refractivity contribution is 6.01. The molecule has 0 bridgehead atoms. The standard InChI is InChI=1S/C48H56FN3O15/c1-46-12-10-28(53)15-26(46)6-9-29-32-11-13-48(62,47(32,2)17-35(54)39(29)46)36(55)21-65-37(56)22-64-23-38(57)66-24-67-45(61)51-14-4-5-25-18-50(20-34(25)51)41-33(49)16-30-40(43(41)63-3)52(27-7-8-27)19-31(42(30)58)44(59)60/h10,12,15-16,19,25,27,29,32,34-35,39,54,62H,4-9,11,13-14,17-18,20-24H2,1-3H3,(H,59,60)/t25?,29?,32?,34?,35-,39?,46-,47-,48-/m0/s1. The molecule has 18 nitrogen and oxygen atoms in total. The fraction of sp³-hybridized carbons (Fsp3) is 0.604. The van der Waals surface area contributed by atoms with Gasteiger partial charge in [-0.25, -0.2) is 23.6 Å². The molecule has 3 heterocycles. The average molecular weight is 934 g/mol. The van der Waals surface area contributed by atoms with Crippen LogP contribution in [0.3, 0.4) is 0 Å². The number of amides is 1. The number of hydrogen-bond donors (Lipinski definition) is 3. The molecule has 3 N–H and O–H groups in total. The van der Waals surface area contributed by atoms with Crippen molar-refractivity contribution in [3.05, 3.63) is 57.7 Å². The highest BCUT2D eigenvalue weighted by Crippen LogP contribution is 2.67. The summed E-state index contributed by atoms with van der Waals surface area (Å²) < 4.78 is 44.1. The number of benzene rings is 1. The van der Waals surface area contributed by atoms with Crippen molar-refractivity contribution < 1.29 is 72.2 Å². The van der Waals surface area contributed by atoms with Gasteiger partial charge in [-0.05, 0) is 93.8 Å². The first kappa shape index (κ1) is 46.5. The topological polar surface area (TPSA) is 238 Å². The van der Waals surface area contributed by atoms with Crippen molar-refractivity contribution in [2.45, 2.75) is 95.4 Å². The molecule has 6 fully saturated rings. The lowest BCUT2D eigenvalue weighted by Gasteiger charge is -2.59. The molecule has 0 spiro atoms. The number of carboxylic acids is 1. The van der Waals surface area contributed by atoms with Gasteiger partial charge in [-0.1, -0.05) is 25.5 Å². The normalized spacial score (nSPS) is 31.9. The van der Waals surface area contributed by atoms with Crippen molar-refractivity contribution in [1.82, 2.24) is 9.47 Å². The number of likely N-dealkylation sites (tertiary alicyclic amines) is 1. The maximum atomic E-state index is 16.1. The first-order valence-electron chi connectivity index (χ1n) is 23.0. The molecule has 9 rings (SSSR count). The molecule has 360 valence electrons. The number of ether oxygens (including phenoxy) is 5. The first-order valence-corrected chi connectivity index (χ1v) is 23.0. The maximum Gasteiger partial charge on any atom is 0.412 e. The Morgan fingerprint density at radius 3 is 2.42 bits per heavy atom. The van der Waals surface area contributed by atoms with E-state index in [9.17, 15) is 48.9 Å². The molecular weight excluding hydrogens is 878 g/mol. The number of carboxylic acid groups (broad SMARTS) is 1. The number of aliphatic hydroxyl groups excluding tert-OH is 1. The summed E-state index contributed by atoms with van der Waals surface area (Å²) in [6.45, 7) is 1.81. The lowest BCUT2D eigenvalue weighted by molar-refractivity contribution is -0.182. The van der Waals surface area contributed by atoms with Gasteiger partial charge in [0.05, 0.1) is 30.2 Å². The molecule has 5 unspecified atom stereocenters. The molecule has 4 saturated carbocycles. The summed E-state index contributed by atoms with van der Waals surface area (Å²) in [7, 11) is 1.36. The van der Waals surface area contributed by atoms with Crippen LogP contribution in [0.1, 0.15) is 88.0 Å². The van der Waals surface area contributed by atoms with Gasteiger partial charge in [0.2, 0.25) is 18.0 Å². The second-order valence-electron chi connectivity index (χ2n) is 19.8. The van der Waals surface area contributed by atoms with Crippen LogP contribution in [-0.2, 0) is 38.1 Å². The Morgan fingerprint density at radius 1 is 0.955 bits per heavy atom. The first-order chi connectivity index (χ1) is 31.9. The third-order valence-electron chi connectivity index (χ3n) is 16.2. The van der Waals surface area contributed by atoms with E-state index in [1.807, 2.05) is 19.9 Å². The number of ketones is 2. The lowest BCUT2D eigenvalue weighted by Crippen LogP contribution is -2.61. The molecule has 67 heavy (non-hydrogen) atoms.